The van der Waals surface area contributed by atoms with Gasteiger partial charge in [0, 0.05) is 31.2 Å². The van der Waals surface area contributed by atoms with E-state index in [2.05, 4.69) is 32.9 Å². The lowest BCUT2D eigenvalue weighted by Gasteiger charge is -2.05. The number of carbonyl (C=O) groups is 1. The summed E-state index contributed by atoms with van der Waals surface area (Å²) >= 11 is 0. The summed E-state index contributed by atoms with van der Waals surface area (Å²) in [6.07, 6.45) is 9.87. The van der Waals surface area contributed by atoms with Crippen molar-refractivity contribution in [2.75, 3.05) is 6.54 Å². The van der Waals surface area contributed by atoms with E-state index in [-0.39, 0.29) is 17.8 Å². The number of imidazole rings is 1. The van der Waals surface area contributed by atoms with E-state index in [1.807, 2.05) is 16.7 Å². The van der Waals surface area contributed by atoms with E-state index in [4.69, 9.17) is 0 Å². The molecule has 0 aliphatic heterocycles. The molecule has 0 bridgehead atoms. The molecule has 2 aliphatic rings. The maximum absolute atomic E-state index is 12.5. The Hall–Kier alpha value is -3.52. The lowest BCUT2D eigenvalue weighted by Crippen LogP contribution is -2.27. The highest BCUT2D eigenvalue weighted by molar-refractivity contribution is 5.92. The van der Waals surface area contributed by atoms with Crippen LogP contribution in [0.2, 0.25) is 0 Å². The molecular weight excluding hydrogens is 404 g/mol. The molecule has 0 saturated heterocycles. The monoisotopic (exact) mass is 428 g/mol. The van der Waals surface area contributed by atoms with Crippen LogP contribution in [0.15, 0.2) is 59.8 Å². The van der Waals surface area contributed by atoms with E-state index >= 15 is 0 Å². The Balaban J connectivity index is 1.10. The SMILES string of the molecule is O=C(NCc1cn2cc(CNCC3CC34CC4)ccc2n1)c1cc(=O)n2ccccc2n1. The zero-order valence-electron chi connectivity index (χ0n) is 17.6. The predicted octanol–water partition coefficient (Wildman–Crippen LogP) is 2.16. The second kappa shape index (κ2) is 7.27. The fraction of sp³-hybridized carbons (Fsp3) is 0.333. The van der Waals surface area contributed by atoms with Crippen molar-refractivity contribution in [2.24, 2.45) is 11.3 Å². The summed E-state index contributed by atoms with van der Waals surface area (Å²) in [6, 6.07) is 10.5. The number of fused-ring (bicyclic) bond motifs is 2. The zero-order chi connectivity index (χ0) is 21.7. The van der Waals surface area contributed by atoms with Gasteiger partial charge < -0.3 is 15.0 Å². The van der Waals surface area contributed by atoms with Gasteiger partial charge in [-0.1, -0.05) is 12.1 Å². The van der Waals surface area contributed by atoms with Gasteiger partial charge in [-0.05, 0) is 60.9 Å². The molecule has 2 N–H and O–H groups in total. The molecule has 2 aliphatic carbocycles. The van der Waals surface area contributed by atoms with Crippen molar-refractivity contribution in [3.63, 3.8) is 0 Å². The number of hydrogen-bond donors (Lipinski definition) is 2. The maximum atomic E-state index is 12.5. The highest BCUT2D eigenvalue weighted by Gasteiger charge is 2.61. The first-order chi connectivity index (χ1) is 15.6. The molecule has 1 atom stereocenters. The molecule has 4 heterocycles. The van der Waals surface area contributed by atoms with Crippen LogP contribution >= 0.6 is 0 Å². The van der Waals surface area contributed by atoms with Gasteiger partial charge in [-0.15, -0.1) is 0 Å². The molecular formula is C24H24N6O2. The summed E-state index contributed by atoms with van der Waals surface area (Å²) in [5, 5.41) is 6.39. The molecule has 0 radical (unpaired) electrons. The molecule has 6 rings (SSSR count). The standard InChI is InChI=1S/C24H24N6O2/c31-22-9-19(28-21-3-1-2-8-30(21)22)23(32)26-13-18-15-29-14-16(4-5-20(29)27-18)11-25-12-17-10-24(17)6-7-24/h1-5,8-9,14-15,17,25H,6-7,10-13H2,(H,26,32). The van der Waals surface area contributed by atoms with Crippen LogP contribution in [0.25, 0.3) is 11.3 Å². The van der Waals surface area contributed by atoms with Gasteiger partial charge in [0.25, 0.3) is 11.5 Å². The highest BCUT2D eigenvalue weighted by Crippen LogP contribution is 2.70. The van der Waals surface area contributed by atoms with Crippen molar-refractivity contribution in [3.05, 3.63) is 82.3 Å². The van der Waals surface area contributed by atoms with Gasteiger partial charge in [0.2, 0.25) is 0 Å². The number of nitrogens with one attached hydrogen (secondary N) is 2. The van der Waals surface area contributed by atoms with Crippen molar-refractivity contribution < 1.29 is 4.79 Å². The van der Waals surface area contributed by atoms with Crippen molar-refractivity contribution in [3.8, 4) is 0 Å². The Morgan fingerprint density at radius 2 is 2.00 bits per heavy atom. The predicted molar refractivity (Wildman–Crippen MR) is 119 cm³/mol. The number of carbonyl (C=O) groups excluding carboxylic acids is 1. The summed E-state index contributed by atoms with van der Waals surface area (Å²) in [7, 11) is 0. The molecule has 1 spiro atoms. The molecule has 0 aromatic carbocycles. The fourth-order valence-corrected chi connectivity index (χ4v) is 4.60. The van der Waals surface area contributed by atoms with Gasteiger partial charge in [-0.25, -0.2) is 9.97 Å². The molecule has 8 heteroatoms. The summed E-state index contributed by atoms with van der Waals surface area (Å²) in [5.41, 5.74) is 3.76. The topological polar surface area (TPSA) is 92.8 Å². The van der Waals surface area contributed by atoms with Crippen molar-refractivity contribution in [2.45, 2.75) is 32.4 Å². The molecule has 4 aromatic heterocycles. The number of amides is 1. The van der Waals surface area contributed by atoms with E-state index in [1.165, 1.54) is 35.3 Å². The molecule has 8 nitrogen and oxygen atoms in total. The smallest absolute Gasteiger partial charge is 0.270 e. The third kappa shape index (κ3) is 3.56. The van der Waals surface area contributed by atoms with Gasteiger partial charge in [-0.3, -0.25) is 14.0 Å². The lowest BCUT2D eigenvalue weighted by atomic mass is 10.2. The lowest BCUT2D eigenvalue weighted by molar-refractivity contribution is 0.0945. The van der Waals surface area contributed by atoms with Gasteiger partial charge in [0.05, 0.1) is 12.2 Å². The largest absolute Gasteiger partial charge is 0.345 e. The molecule has 1 unspecified atom stereocenters. The van der Waals surface area contributed by atoms with E-state index < -0.39 is 5.91 Å². The van der Waals surface area contributed by atoms with Crippen molar-refractivity contribution >= 4 is 17.2 Å². The highest BCUT2D eigenvalue weighted by atomic mass is 16.2. The summed E-state index contributed by atoms with van der Waals surface area (Å²) in [5.74, 6) is 0.479. The molecule has 4 aromatic rings. The minimum atomic E-state index is -0.399. The molecule has 1 amide bonds. The Bertz CT molecular complexity index is 1400. The van der Waals surface area contributed by atoms with Crippen LogP contribution in [-0.4, -0.2) is 31.2 Å². The Kier molecular flexibility index (Phi) is 4.36. The van der Waals surface area contributed by atoms with E-state index in [9.17, 15) is 9.59 Å². The number of nitrogens with zero attached hydrogens (tertiary/aromatic N) is 4. The summed E-state index contributed by atoms with van der Waals surface area (Å²) < 4.78 is 3.39. The van der Waals surface area contributed by atoms with Crippen LogP contribution in [0.3, 0.4) is 0 Å². The summed E-state index contributed by atoms with van der Waals surface area (Å²) in [6.45, 7) is 2.20. The normalized spacial score (nSPS) is 18.3. The van der Waals surface area contributed by atoms with Crippen LogP contribution in [0, 0.1) is 11.3 Å². The van der Waals surface area contributed by atoms with Crippen LogP contribution in [0.5, 0.6) is 0 Å². The molecule has 32 heavy (non-hydrogen) atoms. The fourth-order valence-electron chi connectivity index (χ4n) is 4.60. The number of aromatic nitrogens is 4. The molecule has 162 valence electrons. The van der Waals surface area contributed by atoms with Crippen LogP contribution < -0.4 is 16.2 Å². The summed E-state index contributed by atoms with van der Waals surface area (Å²) in [4.78, 5) is 33.6. The first kappa shape index (κ1) is 19.2. The third-order valence-electron chi connectivity index (χ3n) is 6.77. The Labute approximate surface area is 184 Å². The van der Waals surface area contributed by atoms with Crippen molar-refractivity contribution in [1.29, 1.82) is 0 Å². The van der Waals surface area contributed by atoms with E-state index in [0.717, 1.165) is 35.8 Å². The second-order valence-electron chi connectivity index (χ2n) is 9.02. The first-order valence-electron chi connectivity index (χ1n) is 11.0. The number of hydrogen-bond acceptors (Lipinski definition) is 5. The zero-order valence-corrected chi connectivity index (χ0v) is 17.6. The maximum Gasteiger partial charge on any atom is 0.270 e. The second-order valence-corrected chi connectivity index (χ2v) is 9.02. The van der Waals surface area contributed by atoms with Gasteiger partial charge in [0.1, 0.15) is 17.0 Å². The third-order valence-corrected chi connectivity index (χ3v) is 6.77. The van der Waals surface area contributed by atoms with Gasteiger partial charge >= 0.3 is 0 Å². The Morgan fingerprint density at radius 3 is 2.84 bits per heavy atom. The number of rotatable bonds is 7. The molecule has 2 fully saturated rings. The van der Waals surface area contributed by atoms with Crippen LogP contribution in [0.4, 0.5) is 0 Å². The van der Waals surface area contributed by atoms with Gasteiger partial charge in [0.15, 0.2) is 0 Å². The quantitative estimate of drug-likeness (QED) is 0.471. The van der Waals surface area contributed by atoms with E-state index in [1.54, 1.807) is 24.4 Å². The average molecular weight is 428 g/mol. The minimum absolute atomic E-state index is 0.0990. The van der Waals surface area contributed by atoms with Crippen molar-refractivity contribution in [1.82, 2.24) is 29.4 Å². The Morgan fingerprint density at radius 1 is 1.09 bits per heavy atom. The van der Waals surface area contributed by atoms with Crippen LogP contribution in [0.1, 0.15) is 41.0 Å². The van der Waals surface area contributed by atoms with Crippen LogP contribution in [-0.2, 0) is 13.1 Å². The first-order valence-corrected chi connectivity index (χ1v) is 11.0. The van der Waals surface area contributed by atoms with Gasteiger partial charge in [-0.2, -0.15) is 0 Å². The molecule has 2 saturated carbocycles. The van der Waals surface area contributed by atoms with E-state index in [0.29, 0.717) is 5.65 Å². The number of pyridine rings is 2. The average Bonchev–Trinajstić information content (AvgIpc) is 3.68. The minimum Gasteiger partial charge on any atom is -0.345 e.